The third-order valence-electron chi connectivity index (χ3n) is 11.5. The number of hydrogen-bond acceptors (Lipinski definition) is 10. The molecule has 0 bridgehead atoms. The predicted octanol–water partition coefficient (Wildman–Crippen LogP) is 8.97. The number of rotatable bonds is 21. The van der Waals surface area contributed by atoms with Crippen LogP contribution in [-0.2, 0) is 9.59 Å². The number of nitrogens with two attached hydrogens (primary N) is 4. The fraction of sp³-hybridized carbons (Fsp3) is 0.435. The smallest absolute Gasteiger partial charge is 0.261 e. The fourth-order valence-corrected chi connectivity index (χ4v) is 10.3. The zero-order valence-corrected chi connectivity index (χ0v) is 36.2. The van der Waals surface area contributed by atoms with Crippen molar-refractivity contribution in [1.82, 2.24) is 9.80 Å². The molecule has 5 unspecified atom stereocenters. The first kappa shape index (κ1) is 43.3. The summed E-state index contributed by atoms with van der Waals surface area (Å²) in [7, 11) is 0. The Morgan fingerprint density at radius 2 is 0.948 bits per heavy atom. The van der Waals surface area contributed by atoms with Crippen LogP contribution in [0.5, 0.6) is 11.5 Å². The normalized spacial score (nSPS) is 16.9. The average molecular weight is 825 g/mol. The van der Waals surface area contributed by atoms with E-state index >= 15 is 9.59 Å². The molecule has 2 amide bonds. The fourth-order valence-electron chi connectivity index (χ4n) is 8.15. The quantitative estimate of drug-likeness (QED) is 0.0478. The minimum Gasteiger partial charge on any atom is -0.476 e. The number of fused-ring (bicyclic) bond motifs is 1. The van der Waals surface area contributed by atoms with Gasteiger partial charge in [0, 0.05) is 34.9 Å². The number of carbonyl (C=O) groups excluding carboxylic acids is 2. The van der Waals surface area contributed by atoms with E-state index in [2.05, 4.69) is 40.7 Å². The van der Waals surface area contributed by atoms with Crippen molar-refractivity contribution in [1.29, 1.82) is 0 Å². The van der Waals surface area contributed by atoms with Crippen molar-refractivity contribution < 1.29 is 19.2 Å². The van der Waals surface area contributed by atoms with Crippen molar-refractivity contribution >= 4 is 45.9 Å². The van der Waals surface area contributed by atoms with Crippen LogP contribution in [0.25, 0.3) is 32.3 Å². The second-order valence-corrected chi connectivity index (χ2v) is 17.6. The van der Waals surface area contributed by atoms with Gasteiger partial charge in [-0.15, -0.1) is 22.7 Å². The van der Waals surface area contributed by atoms with E-state index in [1.165, 1.54) is 0 Å². The summed E-state index contributed by atoms with van der Waals surface area (Å²) < 4.78 is 5.91. The molecule has 4 aromatic rings. The standard InChI is InChI=1S/C46H60N6O4S2/c1-6-11-34(47)28(9-4)26-51-43(38-24-22-36(57-38)30-14-18-32(19-15-30)55-40(49)13-8-3)41-42(46(51)54)44(52(45(41)53)27-29(10-5)35(48)12-7-2)39-25-23-37(58-39)31-16-20-33(56-50)21-17-31/h14-25,28-29,34-35,40H,6-13,26-27,47-50H2,1-5H3. The lowest BCUT2D eigenvalue weighted by Gasteiger charge is -2.31. The number of hydrogen-bond donors (Lipinski definition) is 4. The van der Waals surface area contributed by atoms with Gasteiger partial charge in [-0.25, -0.2) is 0 Å². The van der Waals surface area contributed by atoms with E-state index < -0.39 is 0 Å². The highest BCUT2D eigenvalue weighted by atomic mass is 32.1. The first-order chi connectivity index (χ1) is 28.1. The maximum atomic E-state index is 15.2. The van der Waals surface area contributed by atoms with Gasteiger partial charge in [0.05, 0.1) is 32.3 Å². The summed E-state index contributed by atoms with van der Waals surface area (Å²) in [6.07, 6.45) is 6.58. The summed E-state index contributed by atoms with van der Waals surface area (Å²) >= 11 is 3.14. The summed E-state index contributed by atoms with van der Waals surface area (Å²) in [5, 5.41) is 0. The van der Waals surface area contributed by atoms with Crippen molar-refractivity contribution in [2.75, 3.05) is 13.1 Å². The number of carbonyl (C=O) groups is 2. The number of nitrogens with zero attached hydrogens (tertiary/aromatic N) is 2. The van der Waals surface area contributed by atoms with Gasteiger partial charge in [0.1, 0.15) is 17.7 Å². The summed E-state index contributed by atoms with van der Waals surface area (Å²) in [5.41, 5.74) is 23.9. The van der Waals surface area contributed by atoms with Crippen LogP contribution >= 0.6 is 22.7 Å². The van der Waals surface area contributed by atoms with Crippen LogP contribution in [0.3, 0.4) is 0 Å². The van der Waals surface area contributed by atoms with Gasteiger partial charge >= 0.3 is 0 Å². The minimum atomic E-state index is -0.356. The van der Waals surface area contributed by atoms with E-state index in [1.807, 2.05) is 76.5 Å². The number of benzene rings is 2. The molecule has 6 rings (SSSR count). The van der Waals surface area contributed by atoms with E-state index in [0.29, 0.717) is 47.1 Å². The molecule has 5 atom stereocenters. The van der Waals surface area contributed by atoms with Gasteiger partial charge in [0.2, 0.25) is 0 Å². The van der Waals surface area contributed by atoms with Crippen LogP contribution < -0.4 is 32.7 Å². The lowest BCUT2D eigenvalue weighted by atomic mass is 9.93. The molecule has 0 saturated carbocycles. The van der Waals surface area contributed by atoms with Gasteiger partial charge in [0.15, 0.2) is 0 Å². The average Bonchev–Trinajstić information content (AvgIpc) is 4.02. The molecule has 12 heteroatoms. The molecule has 0 radical (unpaired) electrons. The van der Waals surface area contributed by atoms with E-state index in [9.17, 15) is 0 Å². The largest absolute Gasteiger partial charge is 0.476 e. The van der Waals surface area contributed by atoms with Crippen LogP contribution in [0.1, 0.15) is 95.7 Å². The van der Waals surface area contributed by atoms with Crippen molar-refractivity contribution in [3.8, 4) is 32.4 Å². The first-order valence-electron chi connectivity index (χ1n) is 20.9. The van der Waals surface area contributed by atoms with Crippen LogP contribution in [0.15, 0.2) is 83.9 Å². The van der Waals surface area contributed by atoms with Crippen LogP contribution in [0, 0.1) is 11.8 Å². The Balaban J connectivity index is 1.49. The molecule has 4 heterocycles. The highest BCUT2D eigenvalue weighted by Crippen LogP contribution is 2.50. The Hall–Kier alpha value is -4.30. The zero-order valence-electron chi connectivity index (χ0n) is 34.5. The zero-order chi connectivity index (χ0) is 41.5. The maximum Gasteiger partial charge on any atom is 0.261 e. The molecule has 0 spiro atoms. The van der Waals surface area contributed by atoms with Crippen molar-refractivity contribution in [3.05, 3.63) is 93.7 Å². The molecule has 2 aromatic heterocycles. The second kappa shape index (κ2) is 19.6. The third-order valence-corrected chi connectivity index (χ3v) is 13.8. The number of amides is 2. The van der Waals surface area contributed by atoms with Crippen molar-refractivity contribution in [2.45, 2.75) is 104 Å². The second-order valence-electron chi connectivity index (χ2n) is 15.5. The molecule has 58 heavy (non-hydrogen) atoms. The molecule has 0 fully saturated rings. The molecular formula is C46H60N6O4S2. The van der Waals surface area contributed by atoms with E-state index in [0.717, 1.165) is 82.0 Å². The lowest BCUT2D eigenvalue weighted by molar-refractivity contribution is -0.124. The van der Waals surface area contributed by atoms with Crippen molar-refractivity contribution in [3.63, 3.8) is 0 Å². The Bertz CT molecular complexity index is 2090. The molecule has 2 aliphatic rings. The Morgan fingerprint density at radius 1 is 0.552 bits per heavy atom. The van der Waals surface area contributed by atoms with Crippen LogP contribution in [-0.4, -0.2) is 53.0 Å². The van der Waals surface area contributed by atoms with E-state index in [-0.39, 0.29) is 42.0 Å². The number of thiophene rings is 2. The van der Waals surface area contributed by atoms with Gasteiger partial charge in [-0.2, -0.15) is 5.90 Å². The highest BCUT2D eigenvalue weighted by Gasteiger charge is 2.50. The molecule has 2 aliphatic heterocycles. The monoisotopic (exact) mass is 824 g/mol. The lowest BCUT2D eigenvalue weighted by Crippen LogP contribution is -2.41. The van der Waals surface area contributed by atoms with Crippen LogP contribution in [0.2, 0.25) is 0 Å². The molecule has 0 aliphatic carbocycles. The Morgan fingerprint density at radius 3 is 1.33 bits per heavy atom. The first-order valence-corrected chi connectivity index (χ1v) is 22.5. The minimum absolute atomic E-state index is 0.0463. The van der Waals surface area contributed by atoms with Gasteiger partial charge in [0.25, 0.3) is 11.8 Å². The maximum absolute atomic E-state index is 15.2. The molecule has 8 N–H and O–H groups in total. The molecule has 10 nitrogen and oxygen atoms in total. The predicted molar refractivity (Wildman–Crippen MR) is 238 cm³/mol. The Kier molecular flexibility index (Phi) is 14.7. The molecule has 2 aromatic carbocycles. The van der Waals surface area contributed by atoms with E-state index in [4.69, 9.17) is 32.7 Å². The van der Waals surface area contributed by atoms with Gasteiger partial charge in [-0.05, 0) is 115 Å². The van der Waals surface area contributed by atoms with Gasteiger partial charge < -0.3 is 30.8 Å². The topological polar surface area (TPSA) is 163 Å². The summed E-state index contributed by atoms with van der Waals surface area (Å²) in [6.45, 7) is 11.4. The Labute approximate surface area is 351 Å². The number of ether oxygens (including phenoxy) is 1. The van der Waals surface area contributed by atoms with Gasteiger partial charge in [-0.1, -0.05) is 66.7 Å². The molecular weight excluding hydrogens is 765 g/mol. The van der Waals surface area contributed by atoms with Crippen molar-refractivity contribution in [2.24, 2.45) is 34.9 Å². The van der Waals surface area contributed by atoms with E-state index in [1.54, 1.807) is 22.7 Å². The summed E-state index contributed by atoms with van der Waals surface area (Å²) in [4.78, 5) is 42.7. The van der Waals surface area contributed by atoms with Crippen LogP contribution in [0.4, 0.5) is 0 Å². The summed E-state index contributed by atoms with van der Waals surface area (Å²) in [6, 6.07) is 23.5. The summed E-state index contributed by atoms with van der Waals surface area (Å²) in [5.74, 6) is 6.44. The third kappa shape index (κ3) is 9.12. The highest BCUT2D eigenvalue weighted by molar-refractivity contribution is 7.17. The molecule has 0 saturated heterocycles. The van der Waals surface area contributed by atoms with Gasteiger partial charge in [-0.3, -0.25) is 15.3 Å². The molecule has 310 valence electrons. The SMILES string of the molecule is CCCC(N)Oc1ccc(-c2ccc(C3=C4C(=O)N(CC(CC)C(N)CCC)C(c5ccc(-c6ccc(ON)cc6)s5)=C4C(=O)N3CC(CC)C(N)CCC)s2)cc1.